The number of halogens is 1. The van der Waals surface area contributed by atoms with E-state index in [4.69, 9.17) is 16.3 Å². The van der Waals surface area contributed by atoms with Crippen LogP contribution in [0.15, 0.2) is 36.4 Å². The third-order valence-electron chi connectivity index (χ3n) is 3.41. The lowest BCUT2D eigenvalue weighted by Gasteiger charge is -2.11. The Hall–Kier alpha value is -2.53. The fourth-order valence-corrected chi connectivity index (χ4v) is 2.46. The van der Waals surface area contributed by atoms with Crippen LogP contribution < -0.4 is 15.4 Å². The Morgan fingerprint density at radius 2 is 1.68 bits per heavy atom. The van der Waals surface area contributed by atoms with Crippen LogP contribution in [0.4, 0.5) is 11.4 Å². The number of hydrogen-bond donors (Lipinski definition) is 2. The van der Waals surface area contributed by atoms with Crippen LogP contribution in [0.25, 0.3) is 0 Å². The number of nitrogens with one attached hydrogen (secondary N) is 2. The van der Waals surface area contributed by atoms with Gasteiger partial charge in [0.25, 0.3) is 5.91 Å². The molecule has 0 heterocycles. The summed E-state index contributed by atoms with van der Waals surface area (Å²) in [6.07, 6.45) is 0.369. The SMILES string of the molecule is CCC(=O)Nc1ccc(Cl)c(NC(=O)COc2cc(C)cc(C)c2)c1. The van der Waals surface area contributed by atoms with E-state index in [2.05, 4.69) is 10.6 Å². The van der Waals surface area contributed by atoms with E-state index in [0.29, 0.717) is 28.6 Å². The summed E-state index contributed by atoms with van der Waals surface area (Å²) in [6.45, 7) is 5.56. The van der Waals surface area contributed by atoms with Crippen LogP contribution in [-0.4, -0.2) is 18.4 Å². The first-order chi connectivity index (χ1) is 11.9. The Bertz CT molecular complexity index is 770. The number of aryl methyl sites for hydroxylation is 2. The van der Waals surface area contributed by atoms with Gasteiger partial charge in [-0.05, 0) is 55.3 Å². The van der Waals surface area contributed by atoms with E-state index in [1.165, 1.54) is 0 Å². The highest BCUT2D eigenvalue weighted by Gasteiger charge is 2.09. The molecule has 2 aromatic rings. The summed E-state index contributed by atoms with van der Waals surface area (Å²) in [6, 6.07) is 10.7. The lowest BCUT2D eigenvalue weighted by Crippen LogP contribution is -2.20. The van der Waals surface area contributed by atoms with E-state index >= 15 is 0 Å². The smallest absolute Gasteiger partial charge is 0.262 e. The van der Waals surface area contributed by atoms with Gasteiger partial charge in [-0.15, -0.1) is 0 Å². The number of anilines is 2. The predicted octanol–water partition coefficient (Wildman–Crippen LogP) is 4.32. The Labute approximate surface area is 152 Å². The highest BCUT2D eigenvalue weighted by molar-refractivity contribution is 6.33. The third-order valence-corrected chi connectivity index (χ3v) is 3.74. The number of benzene rings is 2. The molecule has 0 radical (unpaired) electrons. The average molecular weight is 361 g/mol. The molecule has 0 aliphatic rings. The zero-order valence-corrected chi connectivity index (χ0v) is 15.2. The number of hydrogen-bond acceptors (Lipinski definition) is 3. The van der Waals surface area contributed by atoms with E-state index in [0.717, 1.165) is 11.1 Å². The molecule has 0 bridgehead atoms. The Morgan fingerprint density at radius 1 is 1.00 bits per heavy atom. The molecule has 2 aromatic carbocycles. The lowest BCUT2D eigenvalue weighted by atomic mass is 10.1. The number of carbonyl (C=O) groups is 2. The second kappa shape index (κ2) is 8.53. The minimum atomic E-state index is -0.333. The van der Waals surface area contributed by atoms with Gasteiger partial charge in [-0.2, -0.15) is 0 Å². The average Bonchev–Trinajstić information content (AvgIpc) is 2.55. The van der Waals surface area contributed by atoms with Crippen molar-refractivity contribution in [2.75, 3.05) is 17.2 Å². The van der Waals surface area contributed by atoms with Gasteiger partial charge in [-0.3, -0.25) is 9.59 Å². The summed E-state index contributed by atoms with van der Waals surface area (Å²) in [7, 11) is 0. The van der Waals surface area contributed by atoms with Gasteiger partial charge in [-0.1, -0.05) is 24.6 Å². The van der Waals surface area contributed by atoms with Gasteiger partial charge in [0, 0.05) is 12.1 Å². The van der Waals surface area contributed by atoms with Crippen molar-refractivity contribution < 1.29 is 14.3 Å². The molecule has 2 rings (SSSR count). The van der Waals surface area contributed by atoms with Gasteiger partial charge in [-0.25, -0.2) is 0 Å². The predicted molar refractivity (Wildman–Crippen MR) is 100 cm³/mol. The Balaban J connectivity index is 1.99. The van der Waals surface area contributed by atoms with Crippen LogP contribution in [0.3, 0.4) is 0 Å². The topological polar surface area (TPSA) is 67.4 Å². The molecule has 0 saturated heterocycles. The molecule has 0 spiro atoms. The monoisotopic (exact) mass is 360 g/mol. The second-order valence-electron chi connectivity index (χ2n) is 5.76. The van der Waals surface area contributed by atoms with Crippen molar-refractivity contribution in [3.63, 3.8) is 0 Å². The molecule has 0 aromatic heterocycles. The Kier molecular flexibility index (Phi) is 6.42. The van der Waals surface area contributed by atoms with Gasteiger partial charge in [0.05, 0.1) is 10.7 Å². The van der Waals surface area contributed by atoms with Crippen molar-refractivity contribution in [3.05, 3.63) is 52.5 Å². The van der Waals surface area contributed by atoms with Crippen molar-refractivity contribution in [1.29, 1.82) is 0 Å². The zero-order valence-electron chi connectivity index (χ0n) is 14.5. The second-order valence-corrected chi connectivity index (χ2v) is 6.16. The third kappa shape index (κ3) is 5.80. The van der Waals surface area contributed by atoms with Crippen molar-refractivity contribution in [3.8, 4) is 5.75 Å². The molecule has 0 fully saturated rings. The number of rotatable bonds is 6. The molecule has 0 aliphatic carbocycles. The van der Waals surface area contributed by atoms with Crippen LogP contribution >= 0.6 is 11.6 Å². The highest BCUT2D eigenvalue weighted by atomic mass is 35.5. The van der Waals surface area contributed by atoms with E-state index < -0.39 is 0 Å². The zero-order chi connectivity index (χ0) is 18.4. The molecule has 132 valence electrons. The maximum absolute atomic E-state index is 12.1. The van der Waals surface area contributed by atoms with Crippen LogP contribution in [-0.2, 0) is 9.59 Å². The molecule has 5 nitrogen and oxygen atoms in total. The fraction of sp³-hybridized carbons (Fsp3) is 0.263. The van der Waals surface area contributed by atoms with Crippen LogP contribution in [0.2, 0.25) is 5.02 Å². The van der Waals surface area contributed by atoms with E-state index in [-0.39, 0.29) is 18.4 Å². The molecule has 6 heteroatoms. The number of ether oxygens (including phenoxy) is 1. The Morgan fingerprint density at radius 3 is 2.32 bits per heavy atom. The summed E-state index contributed by atoms with van der Waals surface area (Å²) in [4.78, 5) is 23.6. The maximum Gasteiger partial charge on any atom is 0.262 e. The van der Waals surface area contributed by atoms with E-state index in [1.54, 1.807) is 25.1 Å². The molecule has 25 heavy (non-hydrogen) atoms. The molecule has 0 atom stereocenters. The van der Waals surface area contributed by atoms with Crippen LogP contribution in [0.1, 0.15) is 24.5 Å². The van der Waals surface area contributed by atoms with Gasteiger partial charge in [0.1, 0.15) is 5.75 Å². The first-order valence-electron chi connectivity index (χ1n) is 7.97. The minimum absolute atomic E-state index is 0.113. The summed E-state index contributed by atoms with van der Waals surface area (Å²) < 4.78 is 5.53. The van der Waals surface area contributed by atoms with Crippen molar-refractivity contribution in [1.82, 2.24) is 0 Å². The molecular weight excluding hydrogens is 340 g/mol. The van der Waals surface area contributed by atoms with E-state index in [1.807, 2.05) is 32.0 Å². The van der Waals surface area contributed by atoms with Crippen molar-refractivity contribution >= 4 is 34.8 Å². The van der Waals surface area contributed by atoms with Crippen molar-refractivity contribution in [2.24, 2.45) is 0 Å². The summed E-state index contributed by atoms with van der Waals surface area (Å²) >= 11 is 6.10. The quantitative estimate of drug-likeness (QED) is 0.806. The number of carbonyl (C=O) groups excluding carboxylic acids is 2. The van der Waals surface area contributed by atoms with E-state index in [9.17, 15) is 9.59 Å². The molecule has 0 unspecified atom stereocenters. The first kappa shape index (κ1) is 18.8. The minimum Gasteiger partial charge on any atom is -0.484 e. The normalized spacial score (nSPS) is 10.2. The summed E-state index contributed by atoms with van der Waals surface area (Å²) in [5, 5.41) is 5.80. The first-order valence-corrected chi connectivity index (χ1v) is 8.35. The van der Waals surface area contributed by atoms with Gasteiger partial charge in [0.2, 0.25) is 5.91 Å². The fourth-order valence-electron chi connectivity index (χ4n) is 2.30. The standard InChI is InChI=1S/C19H21ClN2O3/c1-4-18(23)21-14-5-6-16(20)17(10-14)22-19(24)11-25-15-8-12(2)7-13(3)9-15/h5-10H,4,11H2,1-3H3,(H,21,23)(H,22,24). The molecular formula is C19H21ClN2O3. The van der Waals surface area contributed by atoms with Crippen molar-refractivity contribution in [2.45, 2.75) is 27.2 Å². The maximum atomic E-state index is 12.1. The molecule has 2 amide bonds. The highest BCUT2D eigenvalue weighted by Crippen LogP contribution is 2.25. The lowest BCUT2D eigenvalue weighted by molar-refractivity contribution is -0.118. The number of amides is 2. The van der Waals surface area contributed by atoms with Gasteiger partial charge < -0.3 is 15.4 Å². The largest absolute Gasteiger partial charge is 0.484 e. The molecule has 2 N–H and O–H groups in total. The summed E-state index contributed by atoms with van der Waals surface area (Å²) in [5.41, 5.74) is 3.13. The van der Waals surface area contributed by atoms with Crippen LogP contribution in [0.5, 0.6) is 5.75 Å². The van der Waals surface area contributed by atoms with Gasteiger partial charge >= 0.3 is 0 Å². The van der Waals surface area contributed by atoms with Gasteiger partial charge in [0.15, 0.2) is 6.61 Å². The summed E-state index contributed by atoms with van der Waals surface area (Å²) in [5.74, 6) is 0.195. The molecule has 0 aliphatic heterocycles. The van der Waals surface area contributed by atoms with Crippen LogP contribution in [0, 0.1) is 13.8 Å². The molecule has 0 saturated carbocycles.